The van der Waals surface area contributed by atoms with Crippen molar-refractivity contribution in [2.75, 3.05) is 0 Å². The third-order valence-electron chi connectivity index (χ3n) is 4.07. The summed E-state index contributed by atoms with van der Waals surface area (Å²) in [6, 6.07) is 28.6. The molecule has 0 aromatic heterocycles. The van der Waals surface area contributed by atoms with Crippen LogP contribution in [0.5, 0.6) is 0 Å². The molecule has 0 spiro atoms. The average Bonchev–Trinajstić information content (AvgIpc) is 2.59. The predicted octanol–water partition coefficient (Wildman–Crippen LogP) is 4.32. The van der Waals surface area contributed by atoms with Crippen LogP contribution in [-0.2, 0) is 6.42 Å². The molecule has 0 aliphatic rings. The Morgan fingerprint density at radius 3 is 1.73 bits per heavy atom. The quantitative estimate of drug-likeness (QED) is 0.630. The average molecular weight is 304 g/mol. The Hall–Kier alpha value is -1.91. The Balaban J connectivity index is 2.19. The van der Waals surface area contributed by atoms with Crippen LogP contribution < -0.4 is 15.9 Å². The molecule has 3 aromatic rings. The largest absolute Gasteiger partial charge is 0.0622 e. The van der Waals surface area contributed by atoms with Gasteiger partial charge in [-0.1, -0.05) is 85.8 Å². The van der Waals surface area contributed by atoms with Crippen molar-refractivity contribution in [3.8, 4) is 0 Å². The first-order valence-electron chi connectivity index (χ1n) is 7.80. The molecule has 110 valence electrons. The zero-order valence-electron chi connectivity index (χ0n) is 13.2. The van der Waals surface area contributed by atoms with Crippen molar-refractivity contribution < 1.29 is 0 Å². The van der Waals surface area contributed by atoms with Gasteiger partial charge in [-0.25, -0.2) is 0 Å². The van der Waals surface area contributed by atoms with E-state index in [1.54, 1.807) is 0 Å². The monoisotopic (exact) mass is 304 g/mol. The standard InChI is InChI=1S/C21H21P/c1-3-18-11-10-16-21(17(18)2)22(19-12-6-4-7-13-19)20-14-8-5-9-15-20/h4-16H,3H2,1-2H3. The van der Waals surface area contributed by atoms with Crippen molar-refractivity contribution in [1.82, 2.24) is 0 Å². The van der Waals surface area contributed by atoms with Gasteiger partial charge in [0, 0.05) is 0 Å². The summed E-state index contributed by atoms with van der Waals surface area (Å²) in [7, 11) is -0.489. The Kier molecular flexibility index (Phi) is 4.71. The molecule has 3 rings (SSSR count). The number of aryl methyl sites for hydroxylation is 1. The molecule has 0 atom stereocenters. The van der Waals surface area contributed by atoms with Crippen molar-refractivity contribution in [2.24, 2.45) is 0 Å². The summed E-state index contributed by atoms with van der Waals surface area (Å²) < 4.78 is 0. The SMILES string of the molecule is CCc1cccc(P(c2ccccc2)c2ccccc2)c1C. The maximum absolute atomic E-state index is 2.31. The normalized spacial score (nSPS) is 10.9. The van der Waals surface area contributed by atoms with Gasteiger partial charge >= 0.3 is 0 Å². The fourth-order valence-electron chi connectivity index (χ4n) is 2.88. The molecular formula is C21H21P. The lowest BCUT2D eigenvalue weighted by molar-refractivity contribution is 1.12. The van der Waals surface area contributed by atoms with Gasteiger partial charge in [0.2, 0.25) is 0 Å². The van der Waals surface area contributed by atoms with E-state index in [4.69, 9.17) is 0 Å². The maximum atomic E-state index is 2.31. The third kappa shape index (κ3) is 2.98. The molecule has 0 fully saturated rings. The van der Waals surface area contributed by atoms with Gasteiger partial charge in [-0.3, -0.25) is 0 Å². The summed E-state index contributed by atoms with van der Waals surface area (Å²) in [5.41, 5.74) is 2.90. The second kappa shape index (κ2) is 6.90. The highest BCUT2D eigenvalue weighted by Crippen LogP contribution is 2.34. The molecule has 0 N–H and O–H groups in total. The molecule has 0 unspecified atom stereocenters. The first-order chi connectivity index (χ1) is 10.8. The molecule has 22 heavy (non-hydrogen) atoms. The van der Waals surface area contributed by atoms with Gasteiger partial charge in [0.25, 0.3) is 0 Å². The summed E-state index contributed by atoms with van der Waals surface area (Å²) in [5, 5.41) is 4.31. The number of rotatable bonds is 4. The Morgan fingerprint density at radius 1 is 0.682 bits per heavy atom. The maximum Gasteiger partial charge on any atom is -0.0119 e. The first kappa shape index (κ1) is 15.0. The van der Waals surface area contributed by atoms with Crippen LogP contribution >= 0.6 is 7.92 Å². The van der Waals surface area contributed by atoms with Crippen LogP contribution in [-0.4, -0.2) is 0 Å². The fourth-order valence-corrected chi connectivity index (χ4v) is 5.39. The lowest BCUT2D eigenvalue weighted by Crippen LogP contribution is -2.23. The van der Waals surface area contributed by atoms with Crippen molar-refractivity contribution in [3.05, 3.63) is 90.0 Å². The smallest absolute Gasteiger partial charge is 0.0119 e. The van der Waals surface area contributed by atoms with Crippen LogP contribution in [0.2, 0.25) is 0 Å². The van der Waals surface area contributed by atoms with Crippen LogP contribution in [0.1, 0.15) is 18.1 Å². The van der Waals surface area contributed by atoms with E-state index < -0.39 is 7.92 Å². The summed E-state index contributed by atoms with van der Waals surface area (Å²) in [5.74, 6) is 0. The zero-order valence-corrected chi connectivity index (χ0v) is 14.1. The summed E-state index contributed by atoms with van der Waals surface area (Å²) in [6.45, 7) is 4.51. The molecule has 0 aliphatic heterocycles. The van der Waals surface area contributed by atoms with Gasteiger partial charge in [0.15, 0.2) is 0 Å². The van der Waals surface area contributed by atoms with Crippen molar-refractivity contribution >= 4 is 23.8 Å². The van der Waals surface area contributed by atoms with Crippen molar-refractivity contribution in [3.63, 3.8) is 0 Å². The van der Waals surface area contributed by atoms with Crippen LogP contribution in [0.4, 0.5) is 0 Å². The highest BCUT2D eigenvalue weighted by Gasteiger charge is 2.18. The Morgan fingerprint density at radius 2 is 1.23 bits per heavy atom. The van der Waals surface area contributed by atoms with Gasteiger partial charge < -0.3 is 0 Å². The van der Waals surface area contributed by atoms with E-state index in [-0.39, 0.29) is 0 Å². The van der Waals surface area contributed by atoms with Crippen LogP contribution in [0, 0.1) is 6.92 Å². The van der Waals surface area contributed by atoms with E-state index in [2.05, 4.69) is 92.7 Å². The molecule has 0 aliphatic carbocycles. The van der Waals surface area contributed by atoms with Gasteiger partial charge in [-0.2, -0.15) is 0 Å². The lowest BCUT2D eigenvalue weighted by Gasteiger charge is -2.22. The van der Waals surface area contributed by atoms with Crippen molar-refractivity contribution in [1.29, 1.82) is 0 Å². The number of hydrogen-bond acceptors (Lipinski definition) is 0. The van der Waals surface area contributed by atoms with Gasteiger partial charge in [0.1, 0.15) is 0 Å². The highest BCUT2D eigenvalue weighted by atomic mass is 31.1. The minimum atomic E-state index is -0.489. The van der Waals surface area contributed by atoms with Crippen LogP contribution in [0.25, 0.3) is 0 Å². The molecule has 0 nitrogen and oxygen atoms in total. The Bertz CT molecular complexity index is 693. The van der Waals surface area contributed by atoms with Crippen molar-refractivity contribution in [2.45, 2.75) is 20.3 Å². The zero-order chi connectivity index (χ0) is 15.4. The van der Waals surface area contributed by atoms with Gasteiger partial charge in [-0.15, -0.1) is 0 Å². The summed E-state index contributed by atoms with van der Waals surface area (Å²) >= 11 is 0. The molecule has 1 heteroatoms. The second-order valence-corrected chi connectivity index (χ2v) is 7.61. The van der Waals surface area contributed by atoms with E-state index in [1.807, 2.05) is 0 Å². The number of hydrogen-bond donors (Lipinski definition) is 0. The molecular weight excluding hydrogens is 283 g/mol. The predicted molar refractivity (Wildman–Crippen MR) is 99.3 cm³/mol. The van der Waals surface area contributed by atoms with E-state index >= 15 is 0 Å². The molecule has 3 aromatic carbocycles. The third-order valence-corrected chi connectivity index (χ3v) is 6.66. The van der Waals surface area contributed by atoms with E-state index in [0.717, 1.165) is 6.42 Å². The molecule has 0 amide bonds. The molecule has 0 saturated carbocycles. The highest BCUT2D eigenvalue weighted by molar-refractivity contribution is 7.79. The molecule has 0 heterocycles. The number of benzene rings is 3. The van der Waals surface area contributed by atoms with Crippen LogP contribution in [0.3, 0.4) is 0 Å². The molecule has 0 radical (unpaired) electrons. The van der Waals surface area contributed by atoms with Gasteiger partial charge in [-0.05, 0) is 48.3 Å². The van der Waals surface area contributed by atoms with E-state index in [0.29, 0.717) is 0 Å². The van der Waals surface area contributed by atoms with Gasteiger partial charge in [0.05, 0.1) is 0 Å². The minimum absolute atomic E-state index is 0.489. The first-order valence-corrected chi connectivity index (χ1v) is 9.14. The van der Waals surface area contributed by atoms with E-state index in [1.165, 1.54) is 27.0 Å². The summed E-state index contributed by atoms with van der Waals surface area (Å²) in [4.78, 5) is 0. The minimum Gasteiger partial charge on any atom is -0.0622 e. The summed E-state index contributed by atoms with van der Waals surface area (Å²) in [6.07, 6.45) is 1.09. The fraction of sp³-hybridized carbons (Fsp3) is 0.143. The van der Waals surface area contributed by atoms with E-state index in [9.17, 15) is 0 Å². The molecule has 0 bridgehead atoms. The molecule has 0 saturated heterocycles. The second-order valence-electron chi connectivity index (χ2n) is 5.42. The Labute approximate surface area is 134 Å². The topological polar surface area (TPSA) is 0 Å². The van der Waals surface area contributed by atoms with Crippen LogP contribution in [0.15, 0.2) is 78.9 Å². The lowest BCUT2D eigenvalue weighted by atomic mass is 10.1.